The molecule has 0 unspecified atom stereocenters. The summed E-state index contributed by atoms with van der Waals surface area (Å²) in [6.45, 7) is 0. The summed E-state index contributed by atoms with van der Waals surface area (Å²) in [5.74, 6) is -1.68. The highest BCUT2D eigenvalue weighted by atomic mass is 19.1. The Morgan fingerprint density at radius 1 is 1.23 bits per heavy atom. The summed E-state index contributed by atoms with van der Waals surface area (Å²) in [5, 5.41) is 28.1. The van der Waals surface area contributed by atoms with Gasteiger partial charge in [-0.15, -0.1) is 0 Å². The highest BCUT2D eigenvalue weighted by Gasteiger charge is 2.15. The number of rotatable bonds is 2. The molecule has 2 aromatic carbocycles. The molecular formula is C16H8FNO4. The maximum absolute atomic E-state index is 13.3. The number of carboxylic acids is 1. The molecule has 5 nitrogen and oxygen atoms in total. The SMILES string of the molecule is N#Cc1cc(-c2ccc(C(=O)O)c(O)c2)c2oc(F)cc2c1. The highest BCUT2D eigenvalue weighted by Crippen LogP contribution is 2.34. The van der Waals surface area contributed by atoms with Crippen LogP contribution in [-0.4, -0.2) is 16.2 Å². The fourth-order valence-electron chi connectivity index (χ4n) is 2.28. The average Bonchev–Trinajstić information content (AvgIpc) is 2.85. The van der Waals surface area contributed by atoms with Gasteiger partial charge in [-0.3, -0.25) is 0 Å². The Morgan fingerprint density at radius 2 is 2.00 bits per heavy atom. The standard InChI is InChI=1S/C16H8FNO4/c17-14-6-10-3-8(7-18)4-12(15(10)22-14)9-1-2-11(16(20)21)13(19)5-9/h1-6,19H,(H,20,21). The molecule has 108 valence electrons. The van der Waals surface area contributed by atoms with Gasteiger partial charge in [0.1, 0.15) is 16.9 Å². The number of hydrogen-bond donors (Lipinski definition) is 2. The quantitative estimate of drug-likeness (QED) is 0.754. The Labute approximate surface area is 123 Å². The molecule has 0 saturated carbocycles. The number of phenols is 1. The molecule has 3 rings (SSSR count). The third-order valence-corrected chi connectivity index (χ3v) is 3.25. The number of hydrogen-bond acceptors (Lipinski definition) is 4. The number of nitrogens with zero attached hydrogens (tertiary/aromatic N) is 1. The lowest BCUT2D eigenvalue weighted by molar-refractivity contribution is 0.0694. The Kier molecular flexibility index (Phi) is 3.04. The zero-order valence-corrected chi connectivity index (χ0v) is 11.0. The molecular weight excluding hydrogens is 289 g/mol. The Bertz CT molecular complexity index is 953. The van der Waals surface area contributed by atoms with Gasteiger partial charge in [-0.2, -0.15) is 9.65 Å². The second-order valence-electron chi connectivity index (χ2n) is 4.64. The van der Waals surface area contributed by atoms with Gasteiger partial charge < -0.3 is 14.6 Å². The van der Waals surface area contributed by atoms with Crippen molar-refractivity contribution in [3.63, 3.8) is 0 Å². The van der Waals surface area contributed by atoms with E-state index in [-0.39, 0.29) is 11.1 Å². The number of aromatic carboxylic acids is 1. The molecule has 3 aromatic rings. The summed E-state index contributed by atoms with van der Waals surface area (Å²) >= 11 is 0. The first-order chi connectivity index (χ1) is 10.5. The van der Waals surface area contributed by atoms with Crippen molar-refractivity contribution in [2.45, 2.75) is 0 Å². The molecule has 0 aliphatic carbocycles. The fraction of sp³-hybridized carbons (Fsp3) is 0. The van der Waals surface area contributed by atoms with Gasteiger partial charge in [0.2, 0.25) is 0 Å². The van der Waals surface area contributed by atoms with Crippen LogP contribution < -0.4 is 0 Å². The number of carboxylic acid groups (broad SMARTS) is 1. The summed E-state index contributed by atoms with van der Waals surface area (Å²) in [5.41, 5.74) is 1.08. The van der Waals surface area contributed by atoms with E-state index in [1.165, 1.54) is 30.3 Å². The molecule has 0 aliphatic rings. The molecule has 1 aromatic heterocycles. The summed E-state index contributed by atoms with van der Waals surface area (Å²) < 4.78 is 18.3. The van der Waals surface area contributed by atoms with Crippen molar-refractivity contribution < 1.29 is 23.8 Å². The molecule has 0 saturated heterocycles. The van der Waals surface area contributed by atoms with Gasteiger partial charge in [0.15, 0.2) is 0 Å². The number of carbonyl (C=O) groups is 1. The van der Waals surface area contributed by atoms with Crippen LogP contribution in [0.3, 0.4) is 0 Å². The first-order valence-corrected chi connectivity index (χ1v) is 6.19. The summed E-state index contributed by atoms with van der Waals surface area (Å²) in [6.07, 6.45) is 0. The minimum absolute atomic E-state index is 0.221. The first kappa shape index (κ1) is 13.6. The molecule has 0 radical (unpaired) electrons. The number of halogens is 1. The molecule has 6 heteroatoms. The summed E-state index contributed by atoms with van der Waals surface area (Å²) in [4.78, 5) is 10.9. The van der Waals surface area contributed by atoms with Crippen LogP contribution in [-0.2, 0) is 0 Å². The van der Waals surface area contributed by atoms with E-state index in [4.69, 9.17) is 14.8 Å². The van der Waals surface area contributed by atoms with Gasteiger partial charge in [0.05, 0.1) is 11.6 Å². The van der Waals surface area contributed by atoms with Crippen LogP contribution in [0.1, 0.15) is 15.9 Å². The van der Waals surface area contributed by atoms with Crippen molar-refractivity contribution in [3.8, 4) is 22.9 Å². The number of nitriles is 1. The Morgan fingerprint density at radius 3 is 2.64 bits per heavy atom. The molecule has 0 spiro atoms. The lowest BCUT2D eigenvalue weighted by Crippen LogP contribution is -1.96. The first-order valence-electron chi connectivity index (χ1n) is 6.19. The van der Waals surface area contributed by atoms with E-state index in [1.54, 1.807) is 0 Å². The van der Waals surface area contributed by atoms with Crippen LogP contribution in [0.4, 0.5) is 4.39 Å². The van der Waals surface area contributed by atoms with E-state index >= 15 is 0 Å². The lowest BCUT2D eigenvalue weighted by atomic mass is 9.99. The predicted octanol–water partition coefficient (Wildman–Crippen LogP) is 3.51. The molecule has 22 heavy (non-hydrogen) atoms. The van der Waals surface area contributed by atoms with Gasteiger partial charge in [-0.25, -0.2) is 4.79 Å². The Balaban J connectivity index is 2.27. The zero-order valence-electron chi connectivity index (χ0n) is 11.0. The van der Waals surface area contributed by atoms with Crippen molar-refractivity contribution in [2.75, 3.05) is 0 Å². The molecule has 0 aliphatic heterocycles. The second-order valence-corrected chi connectivity index (χ2v) is 4.64. The molecule has 2 N–H and O–H groups in total. The maximum Gasteiger partial charge on any atom is 0.339 e. The van der Waals surface area contributed by atoms with Crippen molar-refractivity contribution in [2.24, 2.45) is 0 Å². The predicted molar refractivity (Wildman–Crippen MR) is 74.9 cm³/mol. The van der Waals surface area contributed by atoms with Crippen molar-refractivity contribution in [1.29, 1.82) is 5.26 Å². The lowest BCUT2D eigenvalue weighted by Gasteiger charge is -2.06. The number of fused-ring (bicyclic) bond motifs is 1. The van der Waals surface area contributed by atoms with E-state index in [0.717, 1.165) is 6.07 Å². The van der Waals surface area contributed by atoms with Crippen LogP contribution in [0.5, 0.6) is 5.75 Å². The van der Waals surface area contributed by atoms with Crippen LogP contribution in [0.2, 0.25) is 0 Å². The summed E-state index contributed by atoms with van der Waals surface area (Å²) in [7, 11) is 0. The monoisotopic (exact) mass is 297 g/mol. The van der Waals surface area contributed by atoms with Crippen molar-refractivity contribution in [1.82, 2.24) is 0 Å². The van der Waals surface area contributed by atoms with Gasteiger partial charge >= 0.3 is 5.97 Å². The minimum atomic E-state index is -1.26. The van der Waals surface area contributed by atoms with Crippen LogP contribution in [0, 0.1) is 17.3 Å². The molecule has 1 heterocycles. The van der Waals surface area contributed by atoms with E-state index in [0.29, 0.717) is 22.1 Å². The largest absolute Gasteiger partial charge is 0.507 e. The van der Waals surface area contributed by atoms with E-state index in [9.17, 15) is 14.3 Å². The van der Waals surface area contributed by atoms with Crippen LogP contribution in [0.25, 0.3) is 22.1 Å². The third kappa shape index (κ3) is 2.15. The van der Waals surface area contributed by atoms with Gasteiger partial charge in [0, 0.05) is 17.0 Å². The molecule has 0 amide bonds. The molecule has 0 atom stereocenters. The fourth-order valence-corrected chi connectivity index (χ4v) is 2.28. The van der Waals surface area contributed by atoms with Gasteiger partial charge in [-0.05, 0) is 29.8 Å². The number of aromatic hydroxyl groups is 1. The smallest absolute Gasteiger partial charge is 0.339 e. The van der Waals surface area contributed by atoms with E-state index in [1.807, 2.05) is 6.07 Å². The zero-order chi connectivity index (χ0) is 15.9. The van der Waals surface area contributed by atoms with Crippen LogP contribution in [0.15, 0.2) is 40.8 Å². The maximum atomic E-state index is 13.3. The Hall–Kier alpha value is -3.33. The van der Waals surface area contributed by atoms with E-state index < -0.39 is 17.7 Å². The molecule has 0 bridgehead atoms. The number of furan rings is 1. The highest BCUT2D eigenvalue weighted by molar-refractivity contribution is 5.96. The van der Waals surface area contributed by atoms with Crippen molar-refractivity contribution in [3.05, 3.63) is 53.5 Å². The summed E-state index contributed by atoms with van der Waals surface area (Å²) in [6, 6.07) is 9.22. The minimum Gasteiger partial charge on any atom is -0.507 e. The second kappa shape index (κ2) is 4.90. The van der Waals surface area contributed by atoms with Crippen LogP contribution >= 0.6 is 0 Å². The van der Waals surface area contributed by atoms with Gasteiger partial charge in [-0.1, -0.05) is 6.07 Å². The average molecular weight is 297 g/mol. The molecule has 0 fully saturated rings. The van der Waals surface area contributed by atoms with Crippen molar-refractivity contribution >= 4 is 16.9 Å². The van der Waals surface area contributed by atoms with E-state index in [2.05, 4.69) is 0 Å². The van der Waals surface area contributed by atoms with Gasteiger partial charge in [0.25, 0.3) is 6.01 Å². The topological polar surface area (TPSA) is 94.5 Å². The third-order valence-electron chi connectivity index (χ3n) is 3.25. The number of benzene rings is 2. The normalized spacial score (nSPS) is 10.5.